The van der Waals surface area contributed by atoms with E-state index in [0.717, 1.165) is 29.4 Å². The van der Waals surface area contributed by atoms with Crippen molar-refractivity contribution < 1.29 is 0 Å². The van der Waals surface area contributed by atoms with Crippen LogP contribution in [0.5, 0.6) is 0 Å². The second-order valence-corrected chi connectivity index (χ2v) is 4.22. The van der Waals surface area contributed by atoms with Crippen molar-refractivity contribution in [1.82, 2.24) is 0 Å². The molecule has 1 aromatic rings. The lowest BCUT2D eigenvalue weighted by Crippen LogP contribution is -2.17. The third kappa shape index (κ3) is 2.24. The van der Waals surface area contributed by atoms with Gasteiger partial charge in [0.25, 0.3) is 0 Å². The molecule has 0 aromatic heterocycles. The number of hydrogen-bond donors (Lipinski definition) is 0. The zero-order valence-corrected chi connectivity index (χ0v) is 9.30. The van der Waals surface area contributed by atoms with Gasteiger partial charge in [0.2, 0.25) is 0 Å². The van der Waals surface area contributed by atoms with Gasteiger partial charge in [-0.1, -0.05) is 17.7 Å². The zero-order valence-electron chi connectivity index (χ0n) is 8.54. The minimum Gasteiger partial charge on any atom is -0.370 e. The summed E-state index contributed by atoms with van der Waals surface area (Å²) in [5.74, 6) is 0. The van der Waals surface area contributed by atoms with Gasteiger partial charge in [0.15, 0.2) is 0 Å². The third-order valence-electron chi connectivity index (χ3n) is 2.74. The summed E-state index contributed by atoms with van der Waals surface area (Å²) >= 11 is 6.19. The van der Waals surface area contributed by atoms with Crippen molar-refractivity contribution in [2.75, 3.05) is 18.0 Å². The second kappa shape index (κ2) is 4.55. The maximum Gasteiger partial charge on any atom is 0.0669 e. The first-order chi connectivity index (χ1) is 7.31. The molecule has 1 saturated heterocycles. The molecule has 3 heteroatoms. The van der Waals surface area contributed by atoms with Crippen LogP contribution >= 0.6 is 11.6 Å². The van der Waals surface area contributed by atoms with E-state index in [9.17, 15) is 0 Å². The van der Waals surface area contributed by atoms with Gasteiger partial charge in [0.1, 0.15) is 0 Å². The van der Waals surface area contributed by atoms with Gasteiger partial charge in [-0.05, 0) is 30.5 Å². The van der Waals surface area contributed by atoms with Crippen LogP contribution in [0.4, 0.5) is 5.69 Å². The molecule has 1 aliphatic rings. The van der Waals surface area contributed by atoms with Crippen LogP contribution in [-0.2, 0) is 6.42 Å². The first kappa shape index (κ1) is 10.3. The number of nitriles is 1. The van der Waals surface area contributed by atoms with E-state index in [-0.39, 0.29) is 0 Å². The summed E-state index contributed by atoms with van der Waals surface area (Å²) < 4.78 is 0. The van der Waals surface area contributed by atoms with Crippen LogP contribution in [-0.4, -0.2) is 13.1 Å². The standard InChI is InChI=1S/C12H13ClN2/c13-11-9-10(5-6-14)3-4-12(11)15-7-1-2-8-15/h3-4,9H,1-2,5,7-8H2. The first-order valence-corrected chi connectivity index (χ1v) is 5.59. The molecule has 0 radical (unpaired) electrons. The van der Waals surface area contributed by atoms with Gasteiger partial charge in [0.05, 0.1) is 23.2 Å². The monoisotopic (exact) mass is 220 g/mol. The van der Waals surface area contributed by atoms with Crippen molar-refractivity contribution >= 4 is 17.3 Å². The van der Waals surface area contributed by atoms with Gasteiger partial charge in [0, 0.05) is 13.1 Å². The van der Waals surface area contributed by atoms with Gasteiger partial charge in [-0.15, -0.1) is 0 Å². The maximum absolute atomic E-state index is 8.59. The van der Waals surface area contributed by atoms with E-state index in [0.29, 0.717) is 6.42 Å². The summed E-state index contributed by atoms with van der Waals surface area (Å²) in [6.07, 6.45) is 2.92. The fourth-order valence-corrected chi connectivity index (χ4v) is 2.29. The molecule has 0 aliphatic carbocycles. The lowest BCUT2D eigenvalue weighted by Gasteiger charge is -2.19. The average Bonchev–Trinajstić information content (AvgIpc) is 2.71. The Balaban J connectivity index is 2.22. The molecule has 0 atom stereocenters. The lowest BCUT2D eigenvalue weighted by atomic mass is 10.1. The molecule has 2 nitrogen and oxygen atoms in total. The normalized spacial score (nSPS) is 15.3. The molecule has 1 heterocycles. The summed E-state index contributed by atoms with van der Waals surface area (Å²) in [5.41, 5.74) is 2.10. The topological polar surface area (TPSA) is 27.0 Å². The Morgan fingerprint density at radius 1 is 1.33 bits per heavy atom. The van der Waals surface area contributed by atoms with E-state index in [1.807, 2.05) is 18.2 Å². The van der Waals surface area contributed by atoms with E-state index in [2.05, 4.69) is 11.0 Å². The van der Waals surface area contributed by atoms with Crippen LogP contribution < -0.4 is 4.90 Å². The predicted octanol–water partition coefficient (Wildman–Crippen LogP) is 3.01. The molecule has 2 rings (SSSR count). The fourth-order valence-electron chi connectivity index (χ4n) is 1.97. The van der Waals surface area contributed by atoms with Gasteiger partial charge >= 0.3 is 0 Å². The number of nitrogens with zero attached hydrogens (tertiary/aromatic N) is 2. The fraction of sp³-hybridized carbons (Fsp3) is 0.417. The van der Waals surface area contributed by atoms with E-state index >= 15 is 0 Å². The number of rotatable bonds is 2. The second-order valence-electron chi connectivity index (χ2n) is 3.81. The molecule has 0 bridgehead atoms. The van der Waals surface area contributed by atoms with E-state index in [1.165, 1.54) is 12.8 Å². The summed E-state index contributed by atoms with van der Waals surface area (Å²) in [4.78, 5) is 2.30. The first-order valence-electron chi connectivity index (χ1n) is 5.21. The largest absolute Gasteiger partial charge is 0.370 e. The van der Waals surface area contributed by atoms with Crippen molar-refractivity contribution in [2.24, 2.45) is 0 Å². The molecular formula is C12H13ClN2. The summed E-state index contributed by atoms with van der Waals surface area (Å²) in [7, 11) is 0. The van der Waals surface area contributed by atoms with Crippen molar-refractivity contribution in [3.63, 3.8) is 0 Å². The van der Waals surface area contributed by atoms with Crippen molar-refractivity contribution in [3.8, 4) is 6.07 Å². The zero-order chi connectivity index (χ0) is 10.7. The molecule has 0 amide bonds. The van der Waals surface area contributed by atoms with Gasteiger partial charge in [-0.3, -0.25) is 0 Å². The number of halogens is 1. The van der Waals surface area contributed by atoms with Crippen LogP contribution in [0, 0.1) is 11.3 Å². The van der Waals surface area contributed by atoms with Gasteiger partial charge < -0.3 is 4.90 Å². The van der Waals surface area contributed by atoms with Crippen molar-refractivity contribution in [3.05, 3.63) is 28.8 Å². The van der Waals surface area contributed by atoms with Crippen LogP contribution in [0.1, 0.15) is 18.4 Å². The molecule has 15 heavy (non-hydrogen) atoms. The summed E-state index contributed by atoms with van der Waals surface area (Å²) in [6, 6.07) is 8.05. The van der Waals surface area contributed by atoms with E-state index < -0.39 is 0 Å². The van der Waals surface area contributed by atoms with E-state index in [4.69, 9.17) is 16.9 Å². The summed E-state index contributed by atoms with van der Waals surface area (Å²) in [6.45, 7) is 2.19. The number of hydrogen-bond acceptors (Lipinski definition) is 2. The minimum atomic E-state index is 0.431. The van der Waals surface area contributed by atoms with Crippen LogP contribution in [0.3, 0.4) is 0 Å². The highest BCUT2D eigenvalue weighted by molar-refractivity contribution is 6.33. The molecular weight excluding hydrogens is 208 g/mol. The maximum atomic E-state index is 8.59. The highest BCUT2D eigenvalue weighted by Crippen LogP contribution is 2.29. The molecule has 0 spiro atoms. The Bertz CT molecular complexity index is 389. The molecule has 78 valence electrons. The van der Waals surface area contributed by atoms with Crippen LogP contribution in [0.15, 0.2) is 18.2 Å². The van der Waals surface area contributed by atoms with Crippen molar-refractivity contribution in [1.29, 1.82) is 5.26 Å². The van der Waals surface area contributed by atoms with Crippen LogP contribution in [0.2, 0.25) is 5.02 Å². The summed E-state index contributed by atoms with van der Waals surface area (Å²) in [5, 5.41) is 9.36. The van der Waals surface area contributed by atoms with Crippen molar-refractivity contribution in [2.45, 2.75) is 19.3 Å². The Hall–Kier alpha value is -1.20. The Morgan fingerprint density at radius 2 is 2.07 bits per heavy atom. The quantitative estimate of drug-likeness (QED) is 0.766. The number of anilines is 1. The highest BCUT2D eigenvalue weighted by atomic mass is 35.5. The lowest BCUT2D eigenvalue weighted by molar-refractivity contribution is 0.949. The number of benzene rings is 1. The van der Waals surface area contributed by atoms with E-state index in [1.54, 1.807) is 0 Å². The smallest absolute Gasteiger partial charge is 0.0669 e. The third-order valence-corrected chi connectivity index (χ3v) is 3.04. The van der Waals surface area contributed by atoms with Crippen LogP contribution in [0.25, 0.3) is 0 Å². The highest BCUT2D eigenvalue weighted by Gasteiger charge is 2.14. The minimum absolute atomic E-state index is 0.431. The Labute approximate surface area is 95.1 Å². The molecule has 1 fully saturated rings. The molecule has 0 N–H and O–H groups in total. The molecule has 0 saturated carbocycles. The Morgan fingerprint density at radius 3 is 2.67 bits per heavy atom. The van der Waals surface area contributed by atoms with Gasteiger partial charge in [-0.2, -0.15) is 5.26 Å². The SMILES string of the molecule is N#CCc1ccc(N2CCCC2)c(Cl)c1. The molecule has 1 aromatic carbocycles. The predicted molar refractivity (Wildman–Crippen MR) is 62.2 cm³/mol. The Kier molecular flexibility index (Phi) is 3.13. The average molecular weight is 221 g/mol. The molecule has 0 unspecified atom stereocenters. The molecule has 1 aliphatic heterocycles. The van der Waals surface area contributed by atoms with Gasteiger partial charge in [-0.25, -0.2) is 0 Å².